The third-order valence-electron chi connectivity index (χ3n) is 1.55. The molecule has 0 saturated heterocycles. The summed E-state index contributed by atoms with van der Waals surface area (Å²) in [5, 5.41) is 2.04. The zero-order chi connectivity index (χ0) is 11.4. The molecule has 1 heterocycles. The number of nitrogens with two attached hydrogens (primary N) is 1. The number of nitrogens with one attached hydrogen (secondary N) is 1. The van der Waals surface area contributed by atoms with Crippen molar-refractivity contribution in [1.29, 1.82) is 0 Å². The Bertz CT molecular complexity index is 373. The molecule has 3 N–H and O–H groups in total. The van der Waals surface area contributed by atoms with Crippen LogP contribution in [0.15, 0.2) is 16.7 Å². The summed E-state index contributed by atoms with van der Waals surface area (Å²) >= 11 is 3.10. The Morgan fingerprint density at radius 3 is 2.93 bits per heavy atom. The first-order valence-corrected chi connectivity index (χ1v) is 4.77. The van der Waals surface area contributed by atoms with E-state index in [0.717, 1.165) is 0 Å². The summed E-state index contributed by atoms with van der Waals surface area (Å²) in [7, 11) is 0. The second-order valence-corrected chi connectivity index (χ2v) is 3.60. The molecule has 82 valence electrons. The molecule has 1 rings (SSSR count). The van der Waals surface area contributed by atoms with Crippen LogP contribution in [-0.2, 0) is 0 Å². The molecule has 0 spiro atoms. The molecule has 0 saturated carbocycles. The Morgan fingerprint density at radius 1 is 1.67 bits per heavy atom. The average Bonchev–Trinajstić information content (AvgIpc) is 2.18. The lowest BCUT2D eigenvalue weighted by molar-refractivity contribution is 0.0892. The Morgan fingerprint density at radius 2 is 2.33 bits per heavy atom. The third-order valence-corrected chi connectivity index (χ3v) is 1.98. The van der Waals surface area contributed by atoms with Crippen LogP contribution in [0.4, 0.5) is 14.6 Å². The summed E-state index contributed by atoms with van der Waals surface area (Å²) in [6.45, 7) is -0.704. The first-order chi connectivity index (χ1) is 7.00. The third kappa shape index (κ3) is 3.43. The van der Waals surface area contributed by atoms with Crippen LogP contribution in [-0.4, -0.2) is 23.9 Å². The number of alkyl halides is 2. The van der Waals surface area contributed by atoms with E-state index in [-0.39, 0.29) is 11.4 Å². The SMILES string of the molecule is Nc1ncc(Br)cc1C(=O)NCC(F)F. The van der Waals surface area contributed by atoms with Gasteiger partial charge in [0.25, 0.3) is 12.3 Å². The van der Waals surface area contributed by atoms with Crippen LogP contribution in [0.25, 0.3) is 0 Å². The Hall–Kier alpha value is -1.24. The highest BCUT2D eigenvalue weighted by molar-refractivity contribution is 9.10. The van der Waals surface area contributed by atoms with E-state index in [1.165, 1.54) is 12.3 Å². The molecule has 15 heavy (non-hydrogen) atoms. The average molecular weight is 280 g/mol. The molecule has 0 radical (unpaired) electrons. The van der Waals surface area contributed by atoms with E-state index in [4.69, 9.17) is 5.73 Å². The number of hydrogen-bond donors (Lipinski definition) is 2. The lowest BCUT2D eigenvalue weighted by atomic mass is 10.2. The molecule has 7 heteroatoms. The predicted octanol–water partition coefficient (Wildman–Crippen LogP) is 1.42. The molecule has 0 aliphatic heterocycles. The van der Waals surface area contributed by atoms with Gasteiger partial charge in [-0.25, -0.2) is 13.8 Å². The van der Waals surface area contributed by atoms with Crippen molar-refractivity contribution < 1.29 is 13.6 Å². The van der Waals surface area contributed by atoms with Crippen LogP contribution in [0.2, 0.25) is 0 Å². The minimum absolute atomic E-state index is 0.00460. The number of rotatable bonds is 3. The van der Waals surface area contributed by atoms with E-state index in [9.17, 15) is 13.6 Å². The molecule has 0 atom stereocenters. The molecule has 0 fully saturated rings. The van der Waals surface area contributed by atoms with Gasteiger partial charge in [-0.2, -0.15) is 0 Å². The van der Waals surface area contributed by atoms with Crippen molar-refractivity contribution in [3.63, 3.8) is 0 Å². The fourth-order valence-corrected chi connectivity index (χ4v) is 1.23. The van der Waals surface area contributed by atoms with Crippen molar-refractivity contribution in [2.75, 3.05) is 12.3 Å². The van der Waals surface area contributed by atoms with Crippen molar-refractivity contribution in [2.24, 2.45) is 0 Å². The van der Waals surface area contributed by atoms with Crippen LogP contribution in [0.5, 0.6) is 0 Å². The fourth-order valence-electron chi connectivity index (χ4n) is 0.897. The minimum atomic E-state index is -2.59. The summed E-state index contributed by atoms with van der Waals surface area (Å²) in [5.41, 5.74) is 5.49. The number of hydrogen-bond acceptors (Lipinski definition) is 3. The molecule has 1 amide bonds. The smallest absolute Gasteiger partial charge is 0.255 e. The molecular weight excluding hydrogens is 272 g/mol. The summed E-state index contributed by atoms with van der Waals surface area (Å²) in [6, 6.07) is 1.42. The van der Waals surface area contributed by atoms with Gasteiger partial charge in [0, 0.05) is 10.7 Å². The second-order valence-electron chi connectivity index (χ2n) is 2.69. The van der Waals surface area contributed by atoms with Gasteiger partial charge in [-0.15, -0.1) is 0 Å². The number of nitrogens with zero attached hydrogens (tertiary/aromatic N) is 1. The van der Waals surface area contributed by atoms with Crippen LogP contribution in [0.1, 0.15) is 10.4 Å². The van der Waals surface area contributed by atoms with E-state index in [2.05, 4.69) is 20.9 Å². The van der Waals surface area contributed by atoms with Crippen LogP contribution in [0.3, 0.4) is 0 Å². The second kappa shape index (κ2) is 5.01. The van der Waals surface area contributed by atoms with Gasteiger partial charge in [-0.3, -0.25) is 4.79 Å². The largest absolute Gasteiger partial charge is 0.383 e. The molecule has 4 nitrogen and oxygen atoms in total. The van der Waals surface area contributed by atoms with Crippen molar-refractivity contribution >= 4 is 27.7 Å². The lowest BCUT2D eigenvalue weighted by Gasteiger charge is -2.06. The van der Waals surface area contributed by atoms with E-state index < -0.39 is 18.9 Å². The van der Waals surface area contributed by atoms with Crippen LogP contribution >= 0.6 is 15.9 Å². The number of nitrogen functional groups attached to an aromatic ring is 1. The molecule has 0 aromatic carbocycles. The molecular formula is C8H8BrF2N3O. The van der Waals surface area contributed by atoms with Gasteiger partial charge in [0.05, 0.1) is 12.1 Å². The summed E-state index contributed by atoms with van der Waals surface area (Å²) in [6.07, 6.45) is -1.17. The molecule has 0 unspecified atom stereocenters. The van der Waals surface area contributed by atoms with Crippen molar-refractivity contribution in [3.05, 3.63) is 22.3 Å². The Balaban J connectivity index is 2.77. The van der Waals surface area contributed by atoms with Gasteiger partial charge < -0.3 is 11.1 Å². The molecule has 1 aromatic rings. The first-order valence-electron chi connectivity index (χ1n) is 3.98. The lowest BCUT2D eigenvalue weighted by Crippen LogP contribution is -2.29. The predicted molar refractivity (Wildman–Crippen MR) is 54.7 cm³/mol. The number of anilines is 1. The van der Waals surface area contributed by atoms with Gasteiger partial charge in [-0.1, -0.05) is 0 Å². The zero-order valence-corrected chi connectivity index (χ0v) is 9.09. The van der Waals surface area contributed by atoms with Crippen LogP contribution < -0.4 is 11.1 Å². The number of carbonyl (C=O) groups excluding carboxylic acids is 1. The molecule has 1 aromatic heterocycles. The quantitative estimate of drug-likeness (QED) is 0.879. The zero-order valence-electron chi connectivity index (χ0n) is 7.51. The Kier molecular flexibility index (Phi) is 3.96. The van der Waals surface area contributed by atoms with Crippen molar-refractivity contribution in [2.45, 2.75) is 6.43 Å². The first kappa shape index (κ1) is 11.8. The maximum Gasteiger partial charge on any atom is 0.255 e. The number of halogens is 3. The van der Waals surface area contributed by atoms with Crippen LogP contribution in [0, 0.1) is 0 Å². The van der Waals surface area contributed by atoms with E-state index in [0.29, 0.717) is 4.47 Å². The highest BCUT2D eigenvalue weighted by Gasteiger charge is 2.12. The van der Waals surface area contributed by atoms with Crippen molar-refractivity contribution in [3.8, 4) is 0 Å². The molecule has 0 aliphatic rings. The number of amides is 1. The Labute approximate surface area is 93.0 Å². The number of pyridine rings is 1. The van der Waals surface area contributed by atoms with Gasteiger partial charge in [-0.05, 0) is 22.0 Å². The standard InChI is InChI=1S/C8H8BrF2N3O/c9-4-1-5(7(12)13-2-4)8(15)14-3-6(10)11/h1-2,6H,3H2,(H2,12,13)(H,14,15). The normalized spacial score (nSPS) is 10.4. The van der Waals surface area contributed by atoms with Gasteiger partial charge in [0.15, 0.2) is 0 Å². The molecule has 0 bridgehead atoms. The van der Waals surface area contributed by atoms with Crippen molar-refractivity contribution in [1.82, 2.24) is 10.3 Å². The highest BCUT2D eigenvalue weighted by atomic mass is 79.9. The maximum atomic E-state index is 11.8. The number of aromatic nitrogens is 1. The van der Waals surface area contributed by atoms with E-state index in [1.807, 2.05) is 5.32 Å². The van der Waals surface area contributed by atoms with Gasteiger partial charge in [0.2, 0.25) is 0 Å². The van der Waals surface area contributed by atoms with Gasteiger partial charge in [0.1, 0.15) is 5.82 Å². The monoisotopic (exact) mass is 279 g/mol. The summed E-state index contributed by atoms with van der Waals surface area (Å²) < 4.78 is 24.2. The molecule has 0 aliphatic carbocycles. The maximum absolute atomic E-state index is 11.8. The van der Waals surface area contributed by atoms with E-state index in [1.54, 1.807) is 0 Å². The van der Waals surface area contributed by atoms with Gasteiger partial charge >= 0.3 is 0 Å². The topological polar surface area (TPSA) is 68.0 Å². The fraction of sp³-hybridized carbons (Fsp3) is 0.250. The number of carbonyl (C=O) groups is 1. The van der Waals surface area contributed by atoms with E-state index >= 15 is 0 Å². The summed E-state index contributed by atoms with van der Waals surface area (Å²) in [5.74, 6) is -0.661. The summed E-state index contributed by atoms with van der Waals surface area (Å²) in [4.78, 5) is 15.0. The highest BCUT2D eigenvalue weighted by Crippen LogP contribution is 2.15. The minimum Gasteiger partial charge on any atom is -0.383 e.